The van der Waals surface area contributed by atoms with Crippen LogP contribution in [0.5, 0.6) is 0 Å². The van der Waals surface area contributed by atoms with Crippen LogP contribution >= 0.6 is 0 Å². The predicted molar refractivity (Wildman–Crippen MR) is 84.2 cm³/mol. The molecule has 1 N–H and O–H groups in total. The van der Waals surface area contributed by atoms with Gasteiger partial charge in [0.2, 0.25) is 0 Å². The first kappa shape index (κ1) is 18.9. The molecule has 0 bridgehead atoms. The molecule has 0 aromatic carbocycles. The first-order chi connectivity index (χ1) is 8.32. The Labute approximate surface area is 120 Å². The summed E-state index contributed by atoms with van der Waals surface area (Å²) in [5, 5.41) is 3.45. The lowest BCUT2D eigenvalue weighted by Crippen LogP contribution is -2.41. The van der Waals surface area contributed by atoms with Crippen molar-refractivity contribution in [1.29, 1.82) is 0 Å². The molecule has 0 aromatic rings. The van der Waals surface area contributed by atoms with Crippen molar-refractivity contribution < 1.29 is 8.42 Å². The molecule has 4 heteroatoms. The van der Waals surface area contributed by atoms with E-state index in [4.69, 9.17) is 0 Å². The van der Waals surface area contributed by atoms with Crippen molar-refractivity contribution in [3.8, 4) is 0 Å². The zero-order valence-electron chi connectivity index (χ0n) is 14.0. The van der Waals surface area contributed by atoms with Gasteiger partial charge in [-0.2, -0.15) is 0 Å². The molecule has 0 aliphatic carbocycles. The average Bonchev–Trinajstić information content (AvgIpc) is 2.21. The summed E-state index contributed by atoms with van der Waals surface area (Å²) < 4.78 is 23.8. The SMILES string of the molecule is CC(C)NCC(C)(CCS(=O)(=O)C(C)(C)C)C(C)C. The van der Waals surface area contributed by atoms with Crippen LogP contribution in [-0.4, -0.2) is 31.5 Å². The Morgan fingerprint density at radius 3 is 1.79 bits per heavy atom. The van der Waals surface area contributed by atoms with Crippen molar-refractivity contribution >= 4 is 9.84 Å². The van der Waals surface area contributed by atoms with Crippen LogP contribution in [-0.2, 0) is 9.84 Å². The maximum absolute atomic E-state index is 12.2. The van der Waals surface area contributed by atoms with Crippen LogP contribution in [0.3, 0.4) is 0 Å². The van der Waals surface area contributed by atoms with Gasteiger partial charge < -0.3 is 5.32 Å². The van der Waals surface area contributed by atoms with E-state index in [-0.39, 0.29) is 11.2 Å². The highest BCUT2D eigenvalue weighted by atomic mass is 32.2. The van der Waals surface area contributed by atoms with Crippen LogP contribution in [0.2, 0.25) is 0 Å². The molecule has 1 atom stereocenters. The lowest BCUT2D eigenvalue weighted by molar-refractivity contribution is 0.196. The summed E-state index contributed by atoms with van der Waals surface area (Å²) >= 11 is 0. The van der Waals surface area contributed by atoms with Gasteiger partial charge in [-0.25, -0.2) is 8.42 Å². The molecule has 0 spiro atoms. The van der Waals surface area contributed by atoms with Crippen LogP contribution in [0.4, 0.5) is 0 Å². The van der Waals surface area contributed by atoms with Crippen molar-refractivity contribution in [2.24, 2.45) is 11.3 Å². The largest absolute Gasteiger partial charge is 0.314 e. The minimum absolute atomic E-state index is 0.0165. The van der Waals surface area contributed by atoms with Crippen molar-refractivity contribution in [3.05, 3.63) is 0 Å². The molecule has 0 amide bonds. The van der Waals surface area contributed by atoms with Crippen molar-refractivity contribution in [3.63, 3.8) is 0 Å². The van der Waals surface area contributed by atoms with Crippen molar-refractivity contribution in [2.45, 2.75) is 72.6 Å². The number of hydrogen-bond acceptors (Lipinski definition) is 3. The fourth-order valence-corrected chi connectivity index (χ4v) is 3.04. The second kappa shape index (κ2) is 6.57. The topological polar surface area (TPSA) is 46.2 Å². The Morgan fingerprint density at radius 1 is 1.00 bits per heavy atom. The van der Waals surface area contributed by atoms with E-state index in [0.29, 0.717) is 18.4 Å². The Hall–Kier alpha value is -0.0900. The third-order valence-electron chi connectivity index (χ3n) is 4.18. The maximum atomic E-state index is 12.2. The van der Waals surface area contributed by atoms with Gasteiger partial charge in [-0.3, -0.25) is 0 Å². The van der Waals surface area contributed by atoms with E-state index in [2.05, 4.69) is 39.9 Å². The van der Waals surface area contributed by atoms with Gasteiger partial charge >= 0.3 is 0 Å². The second-order valence-corrected chi connectivity index (χ2v) is 10.4. The Bertz CT molecular complexity index is 366. The lowest BCUT2D eigenvalue weighted by Gasteiger charge is -2.35. The fraction of sp³-hybridized carbons (Fsp3) is 1.00. The standard InChI is InChI=1S/C15H33NO2S/c1-12(2)15(8,11-16-13(3)4)9-10-19(17,18)14(5,6)7/h12-13,16H,9-11H2,1-8H3. The summed E-state index contributed by atoms with van der Waals surface area (Å²) in [5.74, 6) is 0.722. The van der Waals surface area contributed by atoms with Crippen molar-refractivity contribution in [1.82, 2.24) is 5.32 Å². The molecule has 1 unspecified atom stereocenters. The first-order valence-corrected chi connectivity index (χ1v) is 8.93. The van der Waals surface area contributed by atoms with Crippen LogP contribution in [0.15, 0.2) is 0 Å². The van der Waals surface area contributed by atoms with E-state index < -0.39 is 14.6 Å². The molecular weight excluding hydrogens is 258 g/mol. The molecule has 0 aliphatic rings. The van der Waals surface area contributed by atoms with E-state index in [0.717, 1.165) is 6.54 Å². The molecule has 0 saturated carbocycles. The van der Waals surface area contributed by atoms with Crippen LogP contribution < -0.4 is 5.32 Å². The Morgan fingerprint density at radius 2 is 1.47 bits per heavy atom. The summed E-state index contributed by atoms with van der Waals surface area (Å²) in [6.45, 7) is 17.0. The molecule has 19 heavy (non-hydrogen) atoms. The van der Waals surface area contributed by atoms with Crippen molar-refractivity contribution in [2.75, 3.05) is 12.3 Å². The lowest BCUT2D eigenvalue weighted by atomic mass is 9.76. The highest BCUT2D eigenvalue weighted by molar-refractivity contribution is 7.92. The predicted octanol–water partition coefficient (Wildman–Crippen LogP) is 3.25. The second-order valence-electron chi connectivity index (χ2n) is 7.53. The molecule has 3 nitrogen and oxygen atoms in total. The molecule has 0 rings (SSSR count). The number of sulfone groups is 1. The Balaban J connectivity index is 4.79. The molecule has 0 saturated heterocycles. The quantitative estimate of drug-likeness (QED) is 0.783. The normalized spacial score (nSPS) is 16.9. The number of hydrogen-bond donors (Lipinski definition) is 1. The Kier molecular flexibility index (Phi) is 6.54. The van der Waals surface area contributed by atoms with Crippen LogP contribution in [0.1, 0.15) is 61.8 Å². The van der Waals surface area contributed by atoms with Gasteiger partial charge in [0.1, 0.15) is 0 Å². The van der Waals surface area contributed by atoms with Gasteiger partial charge in [0.15, 0.2) is 9.84 Å². The summed E-state index contributed by atoms with van der Waals surface area (Å²) in [4.78, 5) is 0. The van der Waals surface area contributed by atoms with Gasteiger partial charge in [-0.1, -0.05) is 34.6 Å². The van der Waals surface area contributed by atoms with E-state index in [1.807, 2.05) is 0 Å². The molecular formula is C15H33NO2S. The third-order valence-corrected chi connectivity index (χ3v) is 6.79. The molecule has 116 valence electrons. The van der Waals surface area contributed by atoms with Gasteiger partial charge in [0.05, 0.1) is 10.5 Å². The fourth-order valence-electron chi connectivity index (χ4n) is 1.69. The summed E-state index contributed by atoms with van der Waals surface area (Å²) in [6.07, 6.45) is 0.712. The molecule has 0 aromatic heterocycles. The minimum Gasteiger partial charge on any atom is -0.314 e. The monoisotopic (exact) mass is 291 g/mol. The summed E-state index contributed by atoms with van der Waals surface area (Å²) in [5.41, 5.74) is 0.0165. The molecule has 0 aliphatic heterocycles. The maximum Gasteiger partial charge on any atom is 0.155 e. The first-order valence-electron chi connectivity index (χ1n) is 7.27. The highest BCUT2D eigenvalue weighted by Crippen LogP contribution is 2.32. The molecule has 0 fully saturated rings. The van der Waals surface area contributed by atoms with Gasteiger partial charge in [0.25, 0.3) is 0 Å². The van der Waals surface area contributed by atoms with Crippen LogP contribution in [0.25, 0.3) is 0 Å². The summed E-state index contributed by atoms with van der Waals surface area (Å²) in [6, 6.07) is 0.428. The summed E-state index contributed by atoms with van der Waals surface area (Å²) in [7, 11) is -3.03. The zero-order valence-corrected chi connectivity index (χ0v) is 14.8. The average molecular weight is 292 g/mol. The molecule has 0 heterocycles. The third kappa shape index (κ3) is 5.82. The number of rotatable bonds is 7. The zero-order chi connectivity index (χ0) is 15.5. The van der Waals surface area contributed by atoms with E-state index >= 15 is 0 Å². The van der Waals surface area contributed by atoms with Gasteiger partial charge in [0, 0.05) is 12.6 Å². The van der Waals surface area contributed by atoms with E-state index in [1.54, 1.807) is 20.8 Å². The smallest absolute Gasteiger partial charge is 0.155 e. The van der Waals surface area contributed by atoms with E-state index in [1.165, 1.54) is 0 Å². The number of nitrogens with one attached hydrogen (secondary N) is 1. The van der Waals surface area contributed by atoms with Gasteiger partial charge in [-0.05, 0) is 38.5 Å². The highest BCUT2D eigenvalue weighted by Gasteiger charge is 2.34. The minimum atomic E-state index is -3.03. The molecule has 0 radical (unpaired) electrons. The van der Waals surface area contributed by atoms with E-state index in [9.17, 15) is 8.42 Å². The van der Waals surface area contributed by atoms with Gasteiger partial charge in [-0.15, -0.1) is 0 Å². The van der Waals surface area contributed by atoms with Crippen LogP contribution in [0, 0.1) is 11.3 Å².